The van der Waals surface area contributed by atoms with Crippen molar-refractivity contribution in [2.45, 2.75) is 23.6 Å². The molecule has 1 aromatic carbocycles. The SMILES string of the molecule is CC(=O)NCc1ccc(S(=O)(=O)N2C[C@@H](CN)[C@H](c3ccccc3)C2)s1. The summed E-state index contributed by atoms with van der Waals surface area (Å²) in [5, 5.41) is 2.69. The second-order valence-corrected chi connectivity index (χ2v) is 9.80. The summed E-state index contributed by atoms with van der Waals surface area (Å²) in [7, 11) is -3.56. The Kier molecular flexibility index (Phi) is 5.76. The molecule has 1 fully saturated rings. The fourth-order valence-electron chi connectivity index (χ4n) is 3.28. The van der Waals surface area contributed by atoms with Gasteiger partial charge in [0.15, 0.2) is 0 Å². The van der Waals surface area contributed by atoms with Crippen LogP contribution in [0, 0.1) is 5.92 Å². The van der Waals surface area contributed by atoms with Crippen molar-refractivity contribution in [3.63, 3.8) is 0 Å². The van der Waals surface area contributed by atoms with Gasteiger partial charge in [0.2, 0.25) is 5.91 Å². The van der Waals surface area contributed by atoms with Gasteiger partial charge in [-0.15, -0.1) is 11.3 Å². The molecule has 0 spiro atoms. The molecule has 0 aliphatic carbocycles. The predicted octanol–water partition coefficient (Wildman–Crippen LogP) is 1.75. The van der Waals surface area contributed by atoms with Crippen molar-refractivity contribution < 1.29 is 13.2 Å². The van der Waals surface area contributed by atoms with E-state index in [1.165, 1.54) is 22.6 Å². The normalized spacial score (nSPS) is 21.0. The molecule has 1 amide bonds. The van der Waals surface area contributed by atoms with Crippen molar-refractivity contribution in [3.05, 3.63) is 52.9 Å². The first-order valence-electron chi connectivity index (χ1n) is 8.50. The zero-order valence-electron chi connectivity index (χ0n) is 14.6. The van der Waals surface area contributed by atoms with Gasteiger partial charge in [0.05, 0.1) is 6.54 Å². The van der Waals surface area contributed by atoms with E-state index in [4.69, 9.17) is 5.73 Å². The third-order valence-electron chi connectivity index (χ3n) is 4.68. The molecule has 1 aliphatic rings. The molecule has 1 aliphatic heterocycles. The molecule has 0 saturated carbocycles. The molecule has 2 heterocycles. The van der Waals surface area contributed by atoms with Gasteiger partial charge in [-0.25, -0.2) is 8.42 Å². The third kappa shape index (κ3) is 3.98. The quantitative estimate of drug-likeness (QED) is 0.782. The highest BCUT2D eigenvalue weighted by Gasteiger charge is 2.39. The lowest BCUT2D eigenvalue weighted by Gasteiger charge is -2.16. The topological polar surface area (TPSA) is 92.5 Å². The van der Waals surface area contributed by atoms with Crippen LogP contribution in [0.3, 0.4) is 0 Å². The highest BCUT2D eigenvalue weighted by Crippen LogP contribution is 2.36. The van der Waals surface area contributed by atoms with Crippen LogP contribution in [-0.2, 0) is 21.4 Å². The Morgan fingerprint density at radius 2 is 1.96 bits per heavy atom. The van der Waals surface area contributed by atoms with Gasteiger partial charge in [0.1, 0.15) is 4.21 Å². The molecule has 2 aromatic rings. The molecular weight excluding hydrogens is 370 g/mol. The molecule has 26 heavy (non-hydrogen) atoms. The molecule has 3 rings (SSSR count). The van der Waals surface area contributed by atoms with Crippen molar-refractivity contribution in [1.82, 2.24) is 9.62 Å². The second kappa shape index (κ2) is 7.87. The highest BCUT2D eigenvalue weighted by atomic mass is 32.2. The number of sulfonamides is 1. The minimum absolute atomic E-state index is 0.103. The number of thiophene rings is 1. The number of rotatable bonds is 6. The Morgan fingerprint density at radius 1 is 1.23 bits per heavy atom. The lowest BCUT2D eigenvalue weighted by atomic mass is 9.89. The summed E-state index contributed by atoms with van der Waals surface area (Å²) in [6.07, 6.45) is 0. The average Bonchev–Trinajstić information content (AvgIpc) is 3.28. The van der Waals surface area contributed by atoms with Gasteiger partial charge in [-0.05, 0) is 30.2 Å². The smallest absolute Gasteiger partial charge is 0.252 e. The molecule has 1 saturated heterocycles. The summed E-state index contributed by atoms with van der Waals surface area (Å²) in [4.78, 5) is 11.8. The van der Waals surface area contributed by atoms with Crippen molar-refractivity contribution in [1.29, 1.82) is 0 Å². The summed E-state index contributed by atoms with van der Waals surface area (Å²) in [6, 6.07) is 13.3. The van der Waals surface area contributed by atoms with Gasteiger partial charge in [0, 0.05) is 30.8 Å². The summed E-state index contributed by atoms with van der Waals surface area (Å²) in [5.74, 6) is 0.0691. The van der Waals surface area contributed by atoms with Gasteiger partial charge in [-0.2, -0.15) is 4.31 Å². The zero-order chi connectivity index (χ0) is 18.7. The molecule has 3 N–H and O–H groups in total. The van der Waals surface area contributed by atoms with Crippen LogP contribution in [0.4, 0.5) is 0 Å². The molecule has 140 valence electrons. The van der Waals surface area contributed by atoms with Gasteiger partial charge in [-0.1, -0.05) is 30.3 Å². The number of hydrogen-bond acceptors (Lipinski definition) is 5. The fourth-order valence-corrected chi connectivity index (χ4v) is 6.25. The fraction of sp³-hybridized carbons (Fsp3) is 0.389. The Hall–Kier alpha value is -1.74. The molecule has 0 radical (unpaired) electrons. The Morgan fingerprint density at radius 3 is 2.62 bits per heavy atom. The number of nitrogens with one attached hydrogen (secondary N) is 1. The van der Waals surface area contributed by atoms with E-state index in [1.54, 1.807) is 12.1 Å². The number of amides is 1. The number of benzene rings is 1. The van der Waals surface area contributed by atoms with E-state index in [-0.39, 0.29) is 17.7 Å². The molecule has 1 aromatic heterocycles. The largest absolute Gasteiger partial charge is 0.351 e. The van der Waals surface area contributed by atoms with E-state index >= 15 is 0 Å². The van der Waals surface area contributed by atoms with Crippen LogP contribution in [0.2, 0.25) is 0 Å². The van der Waals surface area contributed by atoms with E-state index in [9.17, 15) is 13.2 Å². The van der Waals surface area contributed by atoms with Crippen LogP contribution in [0.25, 0.3) is 0 Å². The van der Waals surface area contributed by atoms with E-state index in [0.29, 0.717) is 30.4 Å². The Labute approximate surface area is 158 Å². The highest BCUT2D eigenvalue weighted by molar-refractivity contribution is 7.91. The standard InChI is InChI=1S/C18H23N3O3S2/c1-13(22)20-10-16-7-8-18(25-16)26(23,24)21-11-15(9-19)17(12-21)14-5-3-2-4-6-14/h2-8,15,17H,9-12,19H2,1H3,(H,20,22)/t15-,17+/m1/s1. The molecule has 8 heteroatoms. The third-order valence-corrected chi connectivity index (χ3v) is 8.06. The predicted molar refractivity (Wildman–Crippen MR) is 102 cm³/mol. The van der Waals surface area contributed by atoms with E-state index < -0.39 is 10.0 Å². The minimum atomic E-state index is -3.56. The van der Waals surface area contributed by atoms with E-state index in [2.05, 4.69) is 5.32 Å². The number of carbonyl (C=O) groups is 1. The summed E-state index contributed by atoms with van der Waals surface area (Å²) in [6.45, 7) is 3.09. The van der Waals surface area contributed by atoms with Crippen LogP contribution in [0.15, 0.2) is 46.7 Å². The number of nitrogens with two attached hydrogens (primary N) is 1. The van der Waals surface area contributed by atoms with Crippen LogP contribution in [0.5, 0.6) is 0 Å². The zero-order valence-corrected chi connectivity index (χ0v) is 16.2. The minimum Gasteiger partial charge on any atom is -0.351 e. The van der Waals surface area contributed by atoms with Gasteiger partial charge in [-0.3, -0.25) is 4.79 Å². The number of nitrogens with zero attached hydrogens (tertiary/aromatic N) is 1. The van der Waals surface area contributed by atoms with Crippen molar-refractivity contribution >= 4 is 27.3 Å². The maximum atomic E-state index is 13.0. The maximum Gasteiger partial charge on any atom is 0.252 e. The van der Waals surface area contributed by atoms with Gasteiger partial charge in [0.25, 0.3) is 10.0 Å². The molecule has 6 nitrogen and oxygen atoms in total. The molecule has 0 bridgehead atoms. The van der Waals surface area contributed by atoms with E-state index in [1.807, 2.05) is 30.3 Å². The molecular formula is C18H23N3O3S2. The Bertz CT molecular complexity index is 865. The first-order chi connectivity index (χ1) is 12.4. The molecule has 0 unspecified atom stereocenters. The number of hydrogen-bond donors (Lipinski definition) is 2. The molecule has 2 atom stereocenters. The number of carbonyl (C=O) groups excluding carboxylic acids is 1. The monoisotopic (exact) mass is 393 g/mol. The lowest BCUT2D eigenvalue weighted by molar-refractivity contribution is -0.119. The lowest BCUT2D eigenvalue weighted by Crippen LogP contribution is -2.29. The Balaban J connectivity index is 1.78. The van der Waals surface area contributed by atoms with Crippen LogP contribution in [-0.4, -0.2) is 38.3 Å². The van der Waals surface area contributed by atoms with Crippen LogP contribution >= 0.6 is 11.3 Å². The summed E-state index contributed by atoms with van der Waals surface area (Å²) < 4.78 is 27.9. The summed E-state index contributed by atoms with van der Waals surface area (Å²) in [5.41, 5.74) is 7.04. The first kappa shape index (κ1) is 19.0. The first-order valence-corrected chi connectivity index (χ1v) is 10.8. The summed E-state index contributed by atoms with van der Waals surface area (Å²) >= 11 is 1.20. The van der Waals surface area contributed by atoms with Crippen LogP contribution < -0.4 is 11.1 Å². The van der Waals surface area contributed by atoms with Crippen molar-refractivity contribution in [2.75, 3.05) is 19.6 Å². The average molecular weight is 394 g/mol. The van der Waals surface area contributed by atoms with Crippen molar-refractivity contribution in [3.8, 4) is 0 Å². The van der Waals surface area contributed by atoms with Gasteiger partial charge < -0.3 is 11.1 Å². The van der Waals surface area contributed by atoms with Crippen LogP contribution in [0.1, 0.15) is 23.3 Å². The van der Waals surface area contributed by atoms with Gasteiger partial charge >= 0.3 is 0 Å². The van der Waals surface area contributed by atoms with Crippen molar-refractivity contribution in [2.24, 2.45) is 11.7 Å². The second-order valence-electron chi connectivity index (χ2n) is 6.47. The maximum absolute atomic E-state index is 13.0. The van der Waals surface area contributed by atoms with E-state index in [0.717, 1.165) is 10.4 Å².